The summed E-state index contributed by atoms with van der Waals surface area (Å²) in [5, 5.41) is 21.3. The van der Waals surface area contributed by atoms with E-state index in [-0.39, 0.29) is 27.8 Å². The molecule has 3 aromatic rings. The van der Waals surface area contributed by atoms with E-state index in [2.05, 4.69) is 0 Å². The summed E-state index contributed by atoms with van der Waals surface area (Å²) in [6, 6.07) is 16.3. The topological polar surface area (TPSA) is 165 Å². The van der Waals surface area contributed by atoms with Crippen molar-refractivity contribution in [2.24, 2.45) is 5.73 Å². The fourth-order valence-corrected chi connectivity index (χ4v) is 5.69. The molecular formula is C25H22ClFN2O8S. The minimum atomic E-state index is -4.59. The Morgan fingerprint density at radius 2 is 1.79 bits per heavy atom. The molecule has 4 rings (SSSR count). The fourth-order valence-electron chi connectivity index (χ4n) is 4.11. The van der Waals surface area contributed by atoms with Crippen molar-refractivity contribution in [3.63, 3.8) is 0 Å². The van der Waals surface area contributed by atoms with Crippen LogP contribution in [-0.2, 0) is 36.7 Å². The number of sulfonamides is 1. The van der Waals surface area contributed by atoms with Crippen LogP contribution in [0.2, 0.25) is 5.02 Å². The Morgan fingerprint density at radius 3 is 2.37 bits per heavy atom. The maximum atomic E-state index is 13.2. The third-order valence-electron chi connectivity index (χ3n) is 6.00. The predicted octanol–water partition coefficient (Wildman–Crippen LogP) is 2.28. The lowest BCUT2D eigenvalue weighted by atomic mass is 9.87. The van der Waals surface area contributed by atoms with Crippen molar-refractivity contribution in [1.82, 2.24) is 4.72 Å². The van der Waals surface area contributed by atoms with E-state index in [0.717, 1.165) is 18.2 Å². The van der Waals surface area contributed by atoms with Crippen molar-refractivity contribution < 1.29 is 42.1 Å². The number of aliphatic hydroxyl groups is 1. The van der Waals surface area contributed by atoms with Crippen LogP contribution in [0.15, 0.2) is 77.7 Å². The highest BCUT2D eigenvalue weighted by molar-refractivity contribution is 7.89. The zero-order valence-corrected chi connectivity index (χ0v) is 21.1. The number of aliphatic carboxylic acids is 1. The summed E-state index contributed by atoms with van der Waals surface area (Å²) in [5.41, 5.74) is 3.35. The summed E-state index contributed by atoms with van der Waals surface area (Å²) in [6.45, 7) is -0.0265. The molecule has 3 atom stereocenters. The summed E-state index contributed by atoms with van der Waals surface area (Å²) in [7, 11) is -4.59. The Hall–Kier alpha value is -3.55. The summed E-state index contributed by atoms with van der Waals surface area (Å²) in [6.07, 6.45) is -2.88. The summed E-state index contributed by atoms with van der Waals surface area (Å²) >= 11 is 5.98. The van der Waals surface area contributed by atoms with Crippen molar-refractivity contribution in [3.05, 3.63) is 94.8 Å². The molecule has 3 aromatic carbocycles. The Balaban J connectivity index is 1.58. The van der Waals surface area contributed by atoms with Crippen molar-refractivity contribution in [3.8, 4) is 5.75 Å². The number of ether oxygens (including phenoxy) is 2. The average molecular weight is 565 g/mol. The van der Waals surface area contributed by atoms with Gasteiger partial charge in [0.1, 0.15) is 18.2 Å². The molecule has 0 radical (unpaired) electrons. The number of amides is 1. The number of rotatable bonds is 9. The van der Waals surface area contributed by atoms with Crippen LogP contribution in [0.5, 0.6) is 5.75 Å². The lowest BCUT2D eigenvalue weighted by Crippen LogP contribution is -2.62. The second-order valence-electron chi connectivity index (χ2n) is 8.61. The van der Waals surface area contributed by atoms with Gasteiger partial charge in [0.05, 0.1) is 9.92 Å². The predicted molar refractivity (Wildman–Crippen MR) is 132 cm³/mol. The third-order valence-corrected chi connectivity index (χ3v) is 7.88. The van der Waals surface area contributed by atoms with Gasteiger partial charge in [0.15, 0.2) is 17.4 Å². The van der Waals surface area contributed by atoms with Gasteiger partial charge in [0.25, 0.3) is 0 Å². The third kappa shape index (κ3) is 5.35. The Kier molecular flexibility index (Phi) is 7.46. The molecule has 0 spiro atoms. The summed E-state index contributed by atoms with van der Waals surface area (Å²) < 4.78 is 52.6. The number of carboxylic acids is 1. The van der Waals surface area contributed by atoms with Gasteiger partial charge in [-0.3, -0.25) is 9.59 Å². The maximum absolute atomic E-state index is 13.2. The SMILES string of the molecule is NC(=O)C1OC(O)(c2ccccc2)CC1(NS(=O)(=O)c1ccc(OCc2ccc(F)cc2Cl)cc1)C(=O)O. The minimum absolute atomic E-state index is 0.0265. The quantitative estimate of drug-likeness (QED) is 0.307. The van der Waals surface area contributed by atoms with Gasteiger partial charge in [-0.1, -0.05) is 48.0 Å². The van der Waals surface area contributed by atoms with E-state index in [4.69, 9.17) is 26.8 Å². The number of hydrogen-bond acceptors (Lipinski definition) is 7. The van der Waals surface area contributed by atoms with E-state index in [1.165, 1.54) is 36.4 Å². The van der Waals surface area contributed by atoms with Gasteiger partial charge < -0.3 is 25.4 Å². The number of nitrogens with two attached hydrogens (primary N) is 1. The highest BCUT2D eigenvalue weighted by atomic mass is 35.5. The average Bonchev–Trinajstić information content (AvgIpc) is 3.19. The van der Waals surface area contributed by atoms with Crippen molar-refractivity contribution in [1.29, 1.82) is 0 Å². The van der Waals surface area contributed by atoms with Crippen molar-refractivity contribution >= 4 is 33.5 Å². The van der Waals surface area contributed by atoms with Gasteiger partial charge in [0, 0.05) is 17.5 Å². The van der Waals surface area contributed by atoms with Crippen LogP contribution >= 0.6 is 11.6 Å². The molecule has 200 valence electrons. The number of carbonyl (C=O) groups excluding carboxylic acids is 1. The normalized spacial score (nSPS) is 23.2. The Bertz CT molecular complexity index is 1470. The maximum Gasteiger partial charge on any atom is 0.328 e. The molecule has 13 heteroatoms. The number of halogens is 2. The fraction of sp³-hybridized carbons (Fsp3) is 0.200. The van der Waals surface area contributed by atoms with Crippen LogP contribution in [-0.4, -0.2) is 42.2 Å². The molecule has 1 saturated heterocycles. The lowest BCUT2D eigenvalue weighted by molar-refractivity contribution is -0.202. The number of benzene rings is 3. The molecule has 0 aliphatic carbocycles. The van der Waals surface area contributed by atoms with Gasteiger partial charge in [-0.2, -0.15) is 4.72 Å². The monoisotopic (exact) mass is 564 g/mol. The van der Waals surface area contributed by atoms with Crippen LogP contribution in [0, 0.1) is 5.82 Å². The van der Waals surface area contributed by atoms with Crippen LogP contribution < -0.4 is 15.2 Å². The first-order valence-electron chi connectivity index (χ1n) is 11.1. The number of carboxylic acid groups (broad SMARTS) is 1. The van der Waals surface area contributed by atoms with Gasteiger partial charge in [-0.15, -0.1) is 0 Å². The molecule has 5 N–H and O–H groups in total. The second-order valence-corrected chi connectivity index (χ2v) is 10.7. The second kappa shape index (κ2) is 10.3. The first kappa shape index (κ1) is 27.5. The van der Waals surface area contributed by atoms with Crippen molar-refractivity contribution in [2.45, 2.75) is 35.4 Å². The van der Waals surface area contributed by atoms with E-state index < -0.39 is 51.6 Å². The highest BCUT2D eigenvalue weighted by Crippen LogP contribution is 2.44. The Morgan fingerprint density at radius 1 is 1.13 bits per heavy atom. The number of hydrogen-bond donors (Lipinski definition) is 4. The molecule has 38 heavy (non-hydrogen) atoms. The molecule has 1 amide bonds. The van der Waals surface area contributed by atoms with Crippen LogP contribution in [0.4, 0.5) is 4.39 Å². The molecule has 1 aliphatic rings. The lowest BCUT2D eigenvalue weighted by Gasteiger charge is -2.28. The minimum Gasteiger partial charge on any atom is -0.489 e. The van der Waals surface area contributed by atoms with Crippen molar-refractivity contribution in [2.75, 3.05) is 0 Å². The first-order valence-corrected chi connectivity index (χ1v) is 12.9. The molecular weight excluding hydrogens is 543 g/mol. The largest absolute Gasteiger partial charge is 0.489 e. The van der Waals surface area contributed by atoms with Gasteiger partial charge in [-0.25, -0.2) is 12.8 Å². The standard InChI is InChI=1S/C25H22ClFN2O8S/c26-20-12-17(27)7-6-15(20)13-36-18-8-10-19(11-9-18)38(34,35)29-24(23(31)32)14-25(33,37-21(24)22(28)30)16-4-2-1-3-5-16/h1-12,21,29,33H,13-14H2,(H2,28,30)(H,31,32). The highest BCUT2D eigenvalue weighted by Gasteiger charge is 2.64. The van der Waals surface area contributed by atoms with Gasteiger partial charge in [-0.05, 0) is 36.4 Å². The number of primary amides is 1. The van der Waals surface area contributed by atoms with Crippen LogP contribution in [0.25, 0.3) is 0 Å². The summed E-state index contributed by atoms with van der Waals surface area (Å²) in [4.78, 5) is 24.2. The van der Waals surface area contributed by atoms with E-state index >= 15 is 0 Å². The molecule has 0 saturated carbocycles. The van der Waals surface area contributed by atoms with E-state index in [1.54, 1.807) is 18.2 Å². The Labute approximate surface area is 221 Å². The molecule has 10 nitrogen and oxygen atoms in total. The molecule has 3 unspecified atom stereocenters. The summed E-state index contributed by atoms with van der Waals surface area (Å²) in [5.74, 6) is -5.64. The molecule has 1 fully saturated rings. The number of nitrogens with one attached hydrogen (secondary N) is 1. The van der Waals surface area contributed by atoms with E-state index in [1.807, 2.05) is 4.72 Å². The molecule has 1 heterocycles. The smallest absolute Gasteiger partial charge is 0.328 e. The van der Waals surface area contributed by atoms with Gasteiger partial charge >= 0.3 is 5.97 Å². The van der Waals surface area contributed by atoms with Crippen LogP contribution in [0.1, 0.15) is 17.5 Å². The van der Waals surface area contributed by atoms with E-state index in [0.29, 0.717) is 5.56 Å². The zero-order chi connectivity index (χ0) is 27.7. The van der Waals surface area contributed by atoms with Gasteiger partial charge in [0.2, 0.25) is 15.9 Å². The van der Waals surface area contributed by atoms with E-state index in [9.17, 15) is 32.6 Å². The molecule has 0 aromatic heterocycles. The van der Waals surface area contributed by atoms with Crippen LogP contribution in [0.3, 0.4) is 0 Å². The molecule has 1 aliphatic heterocycles. The molecule has 0 bridgehead atoms. The number of carbonyl (C=O) groups is 2. The first-order chi connectivity index (χ1) is 17.9. The zero-order valence-electron chi connectivity index (χ0n) is 19.5.